The SMILES string of the molecule is CCOc1ccc(S(=O)(=O)N(C)c2cc(F)ccc2F)c2ccccc12. The highest BCUT2D eigenvalue weighted by Gasteiger charge is 2.26. The molecule has 4 nitrogen and oxygen atoms in total. The first-order valence-electron chi connectivity index (χ1n) is 7.94. The van der Waals surface area contributed by atoms with Gasteiger partial charge in [-0.05, 0) is 31.2 Å². The van der Waals surface area contributed by atoms with E-state index in [1.807, 2.05) is 6.92 Å². The summed E-state index contributed by atoms with van der Waals surface area (Å²) in [5.41, 5.74) is -0.358. The maximum Gasteiger partial charge on any atom is 0.264 e. The molecular formula is C19H17F2NO3S. The Labute approximate surface area is 150 Å². The Morgan fingerprint density at radius 1 is 1.00 bits per heavy atom. The minimum Gasteiger partial charge on any atom is -0.493 e. The predicted molar refractivity (Wildman–Crippen MR) is 97.1 cm³/mol. The van der Waals surface area contributed by atoms with Crippen LogP contribution in [0.2, 0.25) is 0 Å². The molecule has 0 spiro atoms. The monoisotopic (exact) mass is 377 g/mol. The number of rotatable bonds is 5. The number of hydrogen-bond donors (Lipinski definition) is 0. The lowest BCUT2D eigenvalue weighted by Crippen LogP contribution is -2.27. The summed E-state index contributed by atoms with van der Waals surface area (Å²) in [6.45, 7) is 2.27. The van der Waals surface area contributed by atoms with E-state index in [4.69, 9.17) is 4.74 Å². The zero-order valence-corrected chi connectivity index (χ0v) is 15.1. The lowest BCUT2D eigenvalue weighted by atomic mass is 10.1. The summed E-state index contributed by atoms with van der Waals surface area (Å²) in [7, 11) is -2.93. The van der Waals surface area contributed by atoms with Crippen molar-refractivity contribution in [2.75, 3.05) is 18.0 Å². The van der Waals surface area contributed by atoms with Crippen LogP contribution < -0.4 is 9.04 Å². The number of anilines is 1. The van der Waals surface area contributed by atoms with Crippen LogP contribution in [0.3, 0.4) is 0 Å². The van der Waals surface area contributed by atoms with Crippen molar-refractivity contribution in [1.29, 1.82) is 0 Å². The minimum absolute atomic E-state index is 0.0114. The van der Waals surface area contributed by atoms with Crippen molar-refractivity contribution in [2.45, 2.75) is 11.8 Å². The zero-order valence-electron chi connectivity index (χ0n) is 14.2. The fourth-order valence-electron chi connectivity index (χ4n) is 2.75. The van der Waals surface area contributed by atoms with Crippen molar-refractivity contribution < 1.29 is 21.9 Å². The van der Waals surface area contributed by atoms with Crippen LogP contribution in [0.5, 0.6) is 5.75 Å². The fourth-order valence-corrected chi connectivity index (χ4v) is 4.14. The number of hydrogen-bond acceptors (Lipinski definition) is 3. The van der Waals surface area contributed by atoms with Crippen LogP contribution in [0.1, 0.15) is 6.92 Å². The fraction of sp³-hybridized carbons (Fsp3) is 0.158. The summed E-state index contributed by atoms with van der Waals surface area (Å²) in [5.74, 6) is -0.991. The lowest BCUT2D eigenvalue weighted by Gasteiger charge is -2.21. The average molecular weight is 377 g/mol. The van der Waals surface area contributed by atoms with E-state index in [1.165, 1.54) is 13.1 Å². The molecule has 26 heavy (non-hydrogen) atoms. The molecule has 0 bridgehead atoms. The van der Waals surface area contributed by atoms with Gasteiger partial charge >= 0.3 is 0 Å². The molecule has 0 radical (unpaired) electrons. The Morgan fingerprint density at radius 3 is 2.38 bits per heavy atom. The van der Waals surface area contributed by atoms with Crippen LogP contribution in [0.4, 0.5) is 14.5 Å². The number of halogens is 2. The molecule has 0 aromatic heterocycles. The first-order valence-corrected chi connectivity index (χ1v) is 9.38. The van der Waals surface area contributed by atoms with Crippen molar-refractivity contribution >= 4 is 26.5 Å². The molecule has 0 atom stereocenters. The molecule has 0 aliphatic carbocycles. The van der Waals surface area contributed by atoms with E-state index in [2.05, 4.69) is 0 Å². The van der Waals surface area contributed by atoms with Crippen LogP contribution in [-0.4, -0.2) is 22.1 Å². The molecule has 0 N–H and O–H groups in total. The molecule has 0 amide bonds. The van der Waals surface area contributed by atoms with Crippen molar-refractivity contribution in [2.24, 2.45) is 0 Å². The third-order valence-corrected chi connectivity index (χ3v) is 5.86. The van der Waals surface area contributed by atoms with Gasteiger partial charge in [0.05, 0.1) is 17.2 Å². The number of ether oxygens (including phenoxy) is 1. The second kappa shape index (κ2) is 6.92. The molecule has 0 saturated carbocycles. The van der Waals surface area contributed by atoms with Crippen molar-refractivity contribution in [1.82, 2.24) is 0 Å². The van der Waals surface area contributed by atoms with Crippen molar-refractivity contribution in [3.05, 3.63) is 66.2 Å². The van der Waals surface area contributed by atoms with Crippen molar-refractivity contribution in [3.63, 3.8) is 0 Å². The Bertz CT molecular complexity index is 1070. The standard InChI is InChI=1S/C19H17F2NO3S/c1-3-25-18-10-11-19(15-7-5-4-6-14(15)18)26(23,24)22(2)17-12-13(20)8-9-16(17)21/h4-12H,3H2,1-2H3. The second-order valence-corrected chi connectivity index (χ2v) is 7.55. The van der Waals surface area contributed by atoms with Gasteiger partial charge in [-0.2, -0.15) is 0 Å². The van der Waals surface area contributed by atoms with Gasteiger partial charge in [-0.1, -0.05) is 24.3 Å². The summed E-state index contributed by atoms with van der Waals surface area (Å²) >= 11 is 0. The van der Waals surface area contributed by atoms with Gasteiger partial charge in [0.1, 0.15) is 17.4 Å². The van der Waals surface area contributed by atoms with E-state index >= 15 is 0 Å². The predicted octanol–water partition coefficient (Wildman–Crippen LogP) is 4.34. The molecule has 0 unspecified atom stereocenters. The van der Waals surface area contributed by atoms with Crippen LogP contribution in [-0.2, 0) is 10.0 Å². The number of nitrogens with zero attached hydrogens (tertiary/aromatic N) is 1. The summed E-state index contributed by atoms with van der Waals surface area (Å²) < 4.78 is 60.0. The van der Waals surface area contributed by atoms with Crippen molar-refractivity contribution in [3.8, 4) is 5.75 Å². The normalized spacial score (nSPS) is 11.5. The van der Waals surface area contributed by atoms with E-state index in [9.17, 15) is 17.2 Å². The molecule has 0 saturated heterocycles. The van der Waals surface area contributed by atoms with E-state index in [1.54, 1.807) is 30.3 Å². The molecular weight excluding hydrogens is 360 g/mol. The molecule has 0 fully saturated rings. The van der Waals surface area contributed by atoms with Gasteiger partial charge in [-0.25, -0.2) is 17.2 Å². The summed E-state index contributed by atoms with van der Waals surface area (Å²) in [6, 6.07) is 12.5. The summed E-state index contributed by atoms with van der Waals surface area (Å²) in [6.07, 6.45) is 0. The highest BCUT2D eigenvalue weighted by molar-refractivity contribution is 7.93. The topological polar surface area (TPSA) is 46.6 Å². The zero-order chi connectivity index (χ0) is 18.9. The first-order chi connectivity index (χ1) is 12.4. The second-order valence-electron chi connectivity index (χ2n) is 5.61. The van der Waals surface area contributed by atoms with E-state index in [-0.39, 0.29) is 10.6 Å². The average Bonchev–Trinajstić information content (AvgIpc) is 2.63. The number of fused-ring (bicyclic) bond motifs is 1. The van der Waals surface area contributed by atoms with Gasteiger partial charge in [0.15, 0.2) is 0 Å². The molecule has 3 aromatic rings. The Balaban J connectivity index is 2.19. The third kappa shape index (κ3) is 3.10. The molecule has 3 aromatic carbocycles. The van der Waals surface area contributed by atoms with Crippen LogP contribution >= 0.6 is 0 Å². The molecule has 0 aliphatic rings. The highest BCUT2D eigenvalue weighted by atomic mass is 32.2. The quantitative estimate of drug-likeness (QED) is 0.664. The Kier molecular flexibility index (Phi) is 4.82. The van der Waals surface area contributed by atoms with Crippen LogP contribution in [0.15, 0.2) is 59.5 Å². The highest BCUT2D eigenvalue weighted by Crippen LogP contribution is 2.34. The van der Waals surface area contributed by atoms with E-state index in [0.29, 0.717) is 23.1 Å². The van der Waals surface area contributed by atoms with Gasteiger partial charge in [-0.3, -0.25) is 4.31 Å². The van der Waals surface area contributed by atoms with Gasteiger partial charge in [0.2, 0.25) is 0 Å². The minimum atomic E-state index is -4.12. The van der Waals surface area contributed by atoms with Crippen LogP contribution in [0.25, 0.3) is 10.8 Å². The maximum absolute atomic E-state index is 14.1. The maximum atomic E-state index is 14.1. The van der Waals surface area contributed by atoms with E-state index in [0.717, 1.165) is 22.5 Å². The van der Waals surface area contributed by atoms with E-state index < -0.39 is 21.7 Å². The molecule has 136 valence electrons. The van der Waals surface area contributed by atoms with Crippen LogP contribution in [0, 0.1) is 11.6 Å². The molecule has 3 rings (SSSR count). The van der Waals surface area contributed by atoms with Gasteiger partial charge in [0.25, 0.3) is 10.0 Å². The molecule has 0 heterocycles. The summed E-state index contributed by atoms with van der Waals surface area (Å²) in [5, 5.41) is 1.07. The van der Waals surface area contributed by atoms with Gasteiger partial charge < -0.3 is 4.74 Å². The van der Waals surface area contributed by atoms with Gasteiger partial charge in [-0.15, -0.1) is 0 Å². The van der Waals surface area contributed by atoms with Gasteiger partial charge in [0, 0.05) is 23.9 Å². The molecule has 0 aliphatic heterocycles. The Morgan fingerprint density at radius 2 is 1.69 bits per heavy atom. The molecule has 7 heteroatoms. The largest absolute Gasteiger partial charge is 0.493 e. The Hall–Kier alpha value is -2.67. The number of sulfonamides is 1. The third-order valence-electron chi connectivity index (χ3n) is 4.03. The lowest BCUT2D eigenvalue weighted by molar-refractivity contribution is 0.344. The summed E-state index contributed by atoms with van der Waals surface area (Å²) in [4.78, 5) is -0.0114. The number of benzene rings is 3. The smallest absolute Gasteiger partial charge is 0.264 e. The first kappa shape index (κ1) is 18.1.